The molecule has 1 heterocycles. The zero-order valence-corrected chi connectivity index (χ0v) is 12.4. The third kappa shape index (κ3) is 3.45. The molecular weight excluding hydrogens is 228 g/mol. The summed E-state index contributed by atoms with van der Waals surface area (Å²) in [5.74, 6) is 1.08. The van der Waals surface area contributed by atoms with Crippen molar-refractivity contribution in [3.05, 3.63) is 0 Å². The molecule has 1 amide bonds. The van der Waals surface area contributed by atoms with E-state index in [1.165, 1.54) is 0 Å². The quantitative estimate of drug-likeness (QED) is 0.811. The molecule has 0 bridgehead atoms. The lowest BCUT2D eigenvalue weighted by Gasteiger charge is -2.35. The highest BCUT2D eigenvalue weighted by Gasteiger charge is 2.46. The molecule has 0 saturated carbocycles. The van der Waals surface area contributed by atoms with Crippen LogP contribution < -0.4 is 5.73 Å². The molecule has 1 rings (SSSR count). The molecule has 0 aliphatic carbocycles. The summed E-state index contributed by atoms with van der Waals surface area (Å²) in [4.78, 5) is 14.7. The van der Waals surface area contributed by atoms with Crippen LogP contribution in [0.5, 0.6) is 0 Å². The summed E-state index contributed by atoms with van der Waals surface area (Å²) >= 11 is 0. The summed E-state index contributed by atoms with van der Waals surface area (Å²) in [5.41, 5.74) is 5.49. The fourth-order valence-electron chi connectivity index (χ4n) is 2.39. The van der Waals surface area contributed by atoms with E-state index in [1.807, 2.05) is 11.8 Å². The van der Waals surface area contributed by atoms with Crippen LogP contribution in [0.15, 0.2) is 0 Å². The van der Waals surface area contributed by atoms with E-state index in [2.05, 4.69) is 27.7 Å². The first kappa shape index (κ1) is 15.4. The number of hydrogen-bond donors (Lipinski definition) is 1. The van der Waals surface area contributed by atoms with Gasteiger partial charge in [0, 0.05) is 19.1 Å². The van der Waals surface area contributed by atoms with Crippen LogP contribution in [-0.2, 0) is 9.53 Å². The maximum absolute atomic E-state index is 12.7. The van der Waals surface area contributed by atoms with E-state index in [9.17, 15) is 4.79 Å². The largest absolute Gasteiger partial charge is 0.379 e. The van der Waals surface area contributed by atoms with Crippen molar-refractivity contribution in [2.24, 2.45) is 23.0 Å². The van der Waals surface area contributed by atoms with Crippen LogP contribution in [0, 0.1) is 17.3 Å². The molecule has 1 saturated heterocycles. The minimum atomic E-state index is -0.552. The number of amides is 1. The summed E-state index contributed by atoms with van der Waals surface area (Å²) in [6.07, 6.45) is 0. The Bertz CT molecular complexity index is 282. The van der Waals surface area contributed by atoms with Gasteiger partial charge in [0.15, 0.2) is 0 Å². The first-order valence-electron chi connectivity index (χ1n) is 6.90. The van der Waals surface area contributed by atoms with E-state index in [-0.39, 0.29) is 11.9 Å². The van der Waals surface area contributed by atoms with Crippen LogP contribution in [0.2, 0.25) is 0 Å². The number of nitrogens with zero attached hydrogens (tertiary/aromatic N) is 1. The molecule has 2 unspecified atom stereocenters. The average Bonchev–Trinajstić information content (AvgIpc) is 2.57. The van der Waals surface area contributed by atoms with Gasteiger partial charge in [-0.2, -0.15) is 0 Å². The van der Waals surface area contributed by atoms with Gasteiger partial charge in [0.2, 0.25) is 5.91 Å². The third-order valence-corrected chi connectivity index (χ3v) is 3.46. The van der Waals surface area contributed by atoms with Gasteiger partial charge in [0.1, 0.15) is 0 Å². The Kier molecular flexibility index (Phi) is 5.17. The van der Waals surface area contributed by atoms with Crippen molar-refractivity contribution in [3.63, 3.8) is 0 Å². The lowest BCUT2D eigenvalue weighted by molar-refractivity contribution is -0.143. The van der Waals surface area contributed by atoms with E-state index in [0.29, 0.717) is 25.0 Å². The molecule has 1 aliphatic heterocycles. The second-order valence-electron chi connectivity index (χ2n) is 6.54. The van der Waals surface area contributed by atoms with Crippen molar-refractivity contribution in [2.75, 3.05) is 26.3 Å². The van der Waals surface area contributed by atoms with Crippen molar-refractivity contribution in [2.45, 2.75) is 40.7 Å². The third-order valence-electron chi connectivity index (χ3n) is 3.46. The maximum Gasteiger partial charge on any atom is 0.232 e. The molecule has 2 atom stereocenters. The van der Waals surface area contributed by atoms with Gasteiger partial charge in [0.25, 0.3) is 0 Å². The molecule has 18 heavy (non-hydrogen) atoms. The van der Waals surface area contributed by atoms with Crippen molar-refractivity contribution < 1.29 is 9.53 Å². The molecule has 2 N–H and O–H groups in total. The molecule has 0 aromatic heterocycles. The Morgan fingerprint density at radius 1 is 1.33 bits per heavy atom. The Morgan fingerprint density at radius 3 is 2.17 bits per heavy atom. The fraction of sp³-hybridized carbons (Fsp3) is 0.929. The van der Waals surface area contributed by atoms with E-state index >= 15 is 0 Å². The highest BCUT2D eigenvalue weighted by atomic mass is 16.5. The fourth-order valence-corrected chi connectivity index (χ4v) is 2.39. The zero-order valence-electron chi connectivity index (χ0n) is 12.4. The highest BCUT2D eigenvalue weighted by Crippen LogP contribution is 2.30. The minimum Gasteiger partial charge on any atom is -0.379 e. The lowest BCUT2D eigenvalue weighted by atomic mass is 9.84. The van der Waals surface area contributed by atoms with Gasteiger partial charge in [-0.3, -0.25) is 4.79 Å². The number of carbonyl (C=O) groups is 1. The predicted octanol–water partition coefficient (Wildman–Crippen LogP) is 1.49. The number of ether oxygens (including phenoxy) is 1. The summed E-state index contributed by atoms with van der Waals surface area (Å²) in [6.45, 7) is 13.0. The topological polar surface area (TPSA) is 55.6 Å². The normalized spacial score (nSPS) is 28.1. The standard InChI is InChI=1S/C14H28N2O2/c1-10(2)6-16(7-11(3)4)13(17)14(5)9-18-8-12(14)15/h10-12H,6-9,15H2,1-5H3. The van der Waals surface area contributed by atoms with Crippen LogP contribution >= 0.6 is 0 Å². The Labute approximate surface area is 111 Å². The smallest absolute Gasteiger partial charge is 0.232 e. The number of hydrogen-bond acceptors (Lipinski definition) is 3. The van der Waals surface area contributed by atoms with Crippen LogP contribution in [0.25, 0.3) is 0 Å². The monoisotopic (exact) mass is 256 g/mol. The molecule has 0 spiro atoms. The molecule has 0 aromatic rings. The highest BCUT2D eigenvalue weighted by molar-refractivity contribution is 5.83. The predicted molar refractivity (Wildman–Crippen MR) is 73.2 cm³/mol. The molecule has 0 radical (unpaired) electrons. The van der Waals surface area contributed by atoms with Gasteiger partial charge in [-0.1, -0.05) is 27.7 Å². The van der Waals surface area contributed by atoms with Gasteiger partial charge < -0.3 is 15.4 Å². The summed E-state index contributed by atoms with van der Waals surface area (Å²) in [7, 11) is 0. The van der Waals surface area contributed by atoms with E-state index in [1.54, 1.807) is 0 Å². The van der Waals surface area contributed by atoms with Gasteiger partial charge in [-0.05, 0) is 18.8 Å². The van der Waals surface area contributed by atoms with Crippen LogP contribution in [-0.4, -0.2) is 43.2 Å². The van der Waals surface area contributed by atoms with Gasteiger partial charge in [-0.25, -0.2) is 0 Å². The molecule has 4 heteroatoms. The Morgan fingerprint density at radius 2 is 1.83 bits per heavy atom. The Balaban J connectivity index is 2.80. The van der Waals surface area contributed by atoms with Crippen molar-refractivity contribution >= 4 is 5.91 Å². The van der Waals surface area contributed by atoms with E-state index in [0.717, 1.165) is 13.1 Å². The number of nitrogens with two attached hydrogens (primary N) is 1. The van der Waals surface area contributed by atoms with Crippen molar-refractivity contribution in [1.82, 2.24) is 4.90 Å². The van der Waals surface area contributed by atoms with E-state index < -0.39 is 5.41 Å². The van der Waals surface area contributed by atoms with Crippen LogP contribution in [0.1, 0.15) is 34.6 Å². The summed E-state index contributed by atoms with van der Waals surface area (Å²) in [6, 6.07) is -0.188. The first-order chi connectivity index (χ1) is 8.27. The van der Waals surface area contributed by atoms with Gasteiger partial charge >= 0.3 is 0 Å². The molecular formula is C14H28N2O2. The zero-order chi connectivity index (χ0) is 13.9. The molecule has 1 fully saturated rings. The number of rotatable bonds is 5. The van der Waals surface area contributed by atoms with Crippen molar-refractivity contribution in [3.8, 4) is 0 Å². The lowest BCUT2D eigenvalue weighted by Crippen LogP contribution is -2.53. The molecule has 1 aliphatic rings. The van der Waals surface area contributed by atoms with E-state index in [4.69, 9.17) is 10.5 Å². The maximum atomic E-state index is 12.7. The Hall–Kier alpha value is -0.610. The molecule has 106 valence electrons. The molecule has 0 aromatic carbocycles. The summed E-state index contributed by atoms with van der Waals surface area (Å²) < 4.78 is 5.38. The van der Waals surface area contributed by atoms with Gasteiger partial charge in [0.05, 0.1) is 18.6 Å². The van der Waals surface area contributed by atoms with Crippen LogP contribution in [0.3, 0.4) is 0 Å². The second-order valence-corrected chi connectivity index (χ2v) is 6.54. The first-order valence-corrected chi connectivity index (χ1v) is 6.90. The van der Waals surface area contributed by atoms with Crippen LogP contribution in [0.4, 0.5) is 0 Å². The van der Waals surface area contributed by atoms with Gasteiger partial charge in [-0.15, -0.1) is 0 Å². The average molecular weight is 256 g/mol. The minimum absolute atomic E-state index is 0.148. The SMILES string of the molecule is CC(C)CN(CC(C)C)C(=O)C1(C)COCC1N. The molecule has 4 nitrogen and oxygen atoms in total. The second kappa shape index (κ2) is 6.02. The number of carbonyl (C=O) groups excluding carboxylic acids is 1. The van der Waals surface area contributed by atoms with Crippen molar-refractivity contribution in [1.29, 1.82) is 0 Å². The summed E-state index contributed by atoms with van der Waals surface area (Å²) in [5, 5.41) is 0.